The van der Waals surface area contributed by atoms with Crippen molar-refractivity contribution >= 4 is 33.7 Å². The highest BCUT2D eigenvalue weighted by Crippen LogP contribution is 2.26. The van der Waals surface area contributed by atoms with Crippen LogP contribution in [0.5, 0.6) is 5.75 Å². The van der Waals surface area contributed by atoms with Gasteiger partial charge in [-0.1, -0.05) is 18.2 Å². The second-order valence-corrected chi connectivity index (χ2v) is 7.44. The minimum atomic E-state index is -1.42. The highest BCUT2D eigenvalue weighted by molar-refractivity contribution is 5.89. The van der Waals surface area contributed by atoms with Crippen LogP contribution in [0.4, 0.5) is 0 Å². The Morgan fingerprint density at radius 3 is 2.53 bits per heavy atom. The van der Waals surface area contributed by atoms with Crippen molar-refractivity contribution in [1.29, 1.82) is 0 Å². The van der Waals surface area contributed by atoms with Crippen molar-refractivity contribution < 1.29 is 24.5 Å². The lowest BCUT2D eigenvalue weighted by atomic mass is 10.1. The molecule has 2 aromatic carbocycles. The van der Waals surface area contributed by atoms with Gasteiger partial charge in [-0.25, -0.2) is 4.79 Å². The Balaban J connectivity index is 1.52. The maximum atomic E-state index is 12.5. The molecule has 2 aromatic heterocycles. The van der Waals surface area contributed by atoms with E-state index >= 15 is 0 Å². The van der Waals surface area contributed by atoms with Gasteiger partial charge >= 0.3 is 5.97 Å². The predicted molar refractivity (Wildman–Crippen MR) is 119 cm³/mol. The van der Waals surface area contributed by atoms with E-state index in [2.05, 4.69) is 15.3 Å². The molecule has 0 fully saturated rings. The normalized spacial score (nSPS) is 13.1. The second kappa shape index (κ2) is 8.56. The topological polar surface area (TPSA) is 145 Å². The third kappa shape index (κ3) is 4.33. The zero-order chi connectivity index (χ0) is 22.8. The Morgan fingerprint density at radius 2 is 1.78 bits per heavy atom. The third-order valence-corrected chi connectivity index (χ3v) is 5.07. The van der Waals surface area contributed by atoms with Crippen LogP contribution in [-0.4, -0.2) is 50.8 Å². The molecule has 0 aliphatic carbocycles. The van der Waals surface area contributed by atoms with Crippen molar-refractivity contribution in [2.75, 3.05) is 6.61 Å². The van der Waals surface area contributed by atoms with Gasteiger partial charge in [-0.3, -0.25) is 9.59 Å². The molecular formula is C23H21N3O6. The number of aromatic amines is 2. The van der Waals surface area contributed by atoms with E-state index in [0.717, 1.165) is 21.8 Å². The number of carbonyl (C=O) groups excluding carboxylic acids is 1. The van der Waals surface area contributed by atoms with Gasteiger partial charge in [0.1, 0.15) is 5.75 Å². The highest BCUT2D eigenvalue weighted by atomic mass is 16.5. The number of aliphatic hydroxyl groups is 1. The Bertz CT molecular complexity index is 1370. The number of hydrogen-bond donors (Lipinski definition) is 5. The van der Waals surface area contributed by atoms with Crippen LogP contribution in [0.25, 0.3) is 33.1 Å². The molecule has 9 heteroatoms. The molecular weight excluding hydrogens is 414 g/mol. The number of nitrogens with one attached hydrogen (secondary N) is 3. The number of aliphatic carboxylic acids is 1. The van der Waals surface area contributed by atoms with Crippen LogP contribution in [0.3, 0.4) is 0 Å². The van der Waals surface area contributed by atoms with Gasteiger partial charge in [-0.05, 0) is 48.7 Å². The molecule has 0 aliphatic heterocycles. The number of fused-ring (bicyclic) bond motifs is 2. The van der Waals surface area contributed by atoms with Crippen LogP contribution < -0.4 is 15.6 Å². The molecule has 0 radical (unpaired) electrons. The van der Waals surface area contributed by atoms with E-state index in [1.807, 2.05) is 36.4 Å². The first-order valence-electron chi connectivity index (χ1n) is 9.90. The van der Waals surface area contributed by atoms with Gasteiger partial charge in [-0.15, -0.1) is 0 Å². The molecule has 0 aliphatic rings. The number of aliphatic hydroxyl groups excluding tert-OH is 1. The average molecular weight is 435 g/mol. The zero-order valence-corrected chi connectivity index (χ0v) is 17.1. The summed E-state index contributed by atoms with van der Waals surface area (Å²) in [4.78, 5) is 41.7. The monoisotopic (exact) mass is 435 g/mol. The quantitative estimate of drug-likeness (QED) is 0.300. The molecule has 0 spiro atoms. The van der Waals surface area contributed by atoms with E-state index in [0.29, 0.717) is 17.0 Å². The van der Waals surface area contributed by atoms with Crippen LogP contribution in [0.2, 0.25) is 0 Å². The van der Waals surface area contributed by atoms with Gasteiger partial charge < -0.3 is 30.2 Å². The first kappa shape index (κ1) is 21.1. The molecule has 4 rings (SSSR count). The molecule has 4 aromatic rings. The SMILES string of the molecule is CC(O)[C@@H](NC(=O)COc1ccc2[nH]c(-c3cc4ccccc4[nH]c3=O)cc2c1)C(=O)O. The van der Waals surface area contributed by atoms with Crippen molar-refractivity contribution in [2.24, 2.45) is 0 Å². The molecule has 1 amide bonds. The average Bonchev–Trinajstić information content (AvgIpc) is 3.18. The number of H-pyrrole nitrogens is 2. The summed E-state index contributed by atoms with van der Waals surface area (Å²) in [5, 5.41) is 22.4. The Hall–Kier alpha value is -4.11. The summed E-state index contributed by atoms with van der Waals surface area (Å²) in [6, 6.07) is 14.9. The maximum Gasteiger partial charge on any atom is 0.328 e. The van der Waals surface area contributed by atoms with Gasteiger partial charge in [0, 0.05) is 16.4 Å². The van der Waals surface area contributed by atoms with Crippen molar-refractivity contribution in [3.8, 4) is 17.0 Å². The number of carboxylic acid groups (broad SMARTS) is 1. The summed E-state index contributed by atoms with van der Waals surface area (Å²) in [6.07, 6.45) is -1.25. The summed E-state index contributed by atoms with van der Waals surface area (Å²) in [6.45, 7) is 0.863. The first-order chi connectivity index (χ1) is 15.3. The summed E-state index contributed by atoms with van der Waals surface area (Å²) in [5.41, 5.74) is 2.47. The fraction of sp³-hybridized carbons (Fsp3) is 0.174. The molecule has 9 nitrogen and oxygen atoms in total. The Labute approximate surface area is 181 Å². The zero-order valence-electron chi connectivity index (χ0n) is 17.1. The lowest BCUT2D eigenvalue weighted by molar-refractivity contribution is -0.145. The number of carboxylic acids is 1. The molecule has 2 atom stereocenters. The molecule has 5 N–H and O–H groups in total. The standard InChI is InChI=1S/C23H21N3O6/c1-12(27)21(23(30)31)26-20(28)11-32-15-6-7-18-14(8-15)10-19(24-18)16-9-13-4-2-3-5-17(13)25-22(16)29/h2-10,12,21,24,27H,11H2,1H3,(H,25,29)(H,26,28)(H,30,31)/t12?,21-/m1/s1. The fourth-order valence-corrected chi connectivity index (χ4v) is 3.45. The van der Waals surface area contributed by atoms with Crippen LogP contribution in [0, 0.1) is 0 Å². The van der Waals surface area contributed by atoms with E-state index in [1.54, 1.807) is 18.2 Å². The van der Waals surface area contributed by atoms with Gasteiger partial charge in [0.2, 0.25) is 0 Å². The first-order valence-corrected chi connectivity index (χ1v) is 9.90. The minimum Gasteiger partial charge on any atom is -0.484 e. The van der Waals surface area contributed by atoms with Crippen molar-refractivity contribution in [2.45, 2.75) is 19.1 Å². The molecule has 2 heterocycles. The number of pyridine rings is 1. The van der Waals surface area contributed by atoms with E-state index in [9.17, 15) is 19.5 Å². The number of benzene rings is 2. The van der Waals surface area contributed by atoms with Crippen molar-refractivity contribution in [3.05, 3.63) is 65.0 Å². The second-order valence-electron chi connectivity index (χ2n) is 7.44. The highest BCUT2D eigenvalue weighted by Gasteiger charge is 2.25. The van der Waals surface area contributed by atoms with Crippen molar-refractivity contribution in [3.63, 3.8) is 0 Å². The van der Waals surface area contributed by atoms with Crippen LogP contribution in [0.1, 0.15) is 6.92 Å². The largest absolute Gasteiger partial charge is 0.484 e. The number of rotatable bonds is 7. The molecule has 0 saturated heterocycles. The van der Waals surface area contributed by atoms with Crippen molar-refractivity contribution in [1.82, 2.24) is 15.3 Å². The van der Waals surface area contributed by atoms with E-state index in [1.165, 1.54) is 6.92 Å². The summed E-state index contributed by atoms with van der Waals surface area (Å²) < 4.78 is 5.46. The van der Waals surface area contributed by atoms with E-state index in [4.69, 9.17) is 9.84 Å². The number of aromatic nitrogens is 2. The lowest BCUT2D eigenvalue weighted by Gasteiger charge is -2.17. The maximum absolute atomic E-state index is 12.5. The molecule has 32 heavy (non-hydrogen) atoms. The molecule has 1 unspecified atom stereocenters. The minimum absolute atomic E-state index is 0.213. The molecule has 164 valence electrons. The van der Waals surface area contributed by atoms with Crippen LogP contribution in [0.15, 0.2) is 59.4 Å². The number of ether oxygens (including phenoxy) is 1. The van der Waals surface area contributed by atoms with Gasteiger partial charge in [0.25, 0.3) is 11.5 Å². The smallest absolute Gasteiger partial charge is 0.328 e. The summed E-state index contributed by atoms with van der Waals surface area (Å²) >= 11 is 0. The number of hydrogen-bond acceptors (Lipinski definition) is 5. The Morgan fingerprint density at radius 1 is 1.03 bits per heavy atom. The summed E-state index contributed by atoms with van der Waals surface area (Å²) in [7, 11) is 0. The molecule has 0 saturated carbocycles. The number of carbonyl (C=O) groups is 2. The number of amides is 1. The molecule has 0 bridgehead atoms. The van der Waals surface area contributed by atoms with Crippen LogP contribution >= 0.6 is 0 Å². The predicted octanol–water partition coefficient (Wildman–Crippen LogP) is 2.01. The Kier molecular flexibility index (Phi) is 5.65. The summed E-state index contributed by atoms with van der Waals surface area (Å²) in [5.74, 6) is -1.61. The van der Waals surface area contributed by atoms with Gasteiger partial charge in [0.05, 0.1) is 17.4 Å². The van der Waals surface area contributed by atoms with Gasteiger partial charge in [-0.2, -0.15) is 0 Å². The van der Waals surface area contributed by atoms with Crippen LogP contribution in [-0.2, 0) is 9.59 Å². The number of para-hydroxylation sites is 1. The lowest BCUT2D eigenvalue weighted by Crippen LogP contribution is -2.49. The van der Waals surface area contributed by atoms with Gasteiger partial charge in [0.15, 0.2) is 12.6 Å². The fourth-order valence-electron chi connectivity index (χ4n) is 3.45. The van der Waals surface area contributed by atoms with E-state index in [-0.39, 0.29) is 5.56 Å². The third-order valence-electron chi connectivity index (χ3n) is 5.07. The van der Waals surface area contributed by atoms with E-state index < -0.39 is 30.6 Å².